The van der Waals surface area contributed by atoms with Crippen molar-refractivity contribution >= 4 is 5.97 Å². The van der Waals surface area contributed by atoms with Crippen molar-refractivity contribution in [1.29, 1.82) is 0 Å². The topological polar surface area (TPSA) is 61.8 Å². The van der Waals surface area contributed by atoms with Gasteiger partial charge < -0.3 is 20.1 Å². The Labute approximate surface area is 103 Å². The zero-order valence-electron chi connectivity index (χ0n) is 10.9. The van der Waals surface area contributed by atoms with E-state index < -0.39 is 11.5 Å². The van der Waals surface area contributed by atoms with Crippen LogP contribution in [0.15, 0.2) is 0 Å². The fourth-order valence-electron chi connectivity index (χ4n) is 2.07. The molecule has 1 rings (SSSR count). The molecule has 0 atom stereocenters. The number of rotatable bonds is 7. The summed E-state index contributed by atoms with van der Waals surface area (Å²) >= 11 is 0. The summed E-state index contributed by atoms with van der Waals surface area (Å²) in [6, 6.07) is 0. The molecule has 1 aliphatic rings. The second-order valence-electron chi connectivity index (χ2n) is 4.94. The van der Waals surface area contributed by atoms with E-state index in [0.717, 1.165) is 25.9 Å². The molecule has 1 saturated heterocycles. The number of carboxylic acids is 1. The van der Waals surface area contributed by atoms with Crippen LogP contribution >= 0.6 is 0 Å². The maximum Gasteiger partial charge on any atom is 0.324 e. The van der Waals surface area contributed by atoms with E-state index in [-0.39, 0.29) is 0 Å². The quantitative estimate of drug-likeness (QED) is 0.640. The number of nitrogens with zero attached hydrogens (tertiary/aromatic N) is 1. The Morgan fingerprint density at radius 1 is 1.35 bits per heavy atom. The fraction of sp³-hybridized carbons (Fsp3) is 0.917. The van der Waals surface area contributed by atoms with E-state index in [4.69, 9.17) is 4.74 Å². The summed E-state index contributed by atoms with van der Waals surface area (Å²) in [4.78, 5) is 13.5. The van der Waals surface area contributed by atoms with Crippen LogP contribution in [0.5, 0.6) is 0 Å². The summed E-state index contributed by atoms with van der Waals surface area (Å²) in [7, 11) is 4.09. The number of aliphatic carboxylic acids is 1. The minimum Gasteiger partial charge on any atom is -0.480 e. The molecular weight excluding hydrogens is 220 g/mol. The summed E-state index contributed by atoms with van der Waals surface area (Å²) in [5.41, 5.74) is -0.754. The Morgan fingerprint density at radius 3 is 2.53 bits per heavy atom. The molecule has 1 heterocycles. The van der Waals surface area contributed by atoms with Gasteiger partial charge in [-0.15, -0.1) is 0 Å². The Hall–Kier alpha value is -0.650. The average Bonchev–Trinajstić information content (AvgIpc) is 2.29. The fourth-order valence-corrected chi connectivity index (χ4v) is 2.07. The molecule has 1 aliphatic heterocycles. The molecule has 100 valence electrons. The third-order valence-corrected chi connectivity index (χ3v) is 3.25. The molecular formula is C12H24N2O3. The summed E-state index contributed by atoms with van der Waals surface area (Å²) < 4.78 is 5.22. The molecule has 1 fully saturated rings. The van der Waals surface area contributed by atoms with Crippen LogP contribution in [-0.2, 0) is 9.53 Å². The van der Waals surface area contributed by atoms with Crippen LogP contribution in [0.4, 0.5) is 0 Å². The van der Waals surface area contributed by atoms with Gasteiger partial charge in [0.15, 0.2) is 0 Å². The van der Waals surface area contributed by atoms with Gasteiger partial charge >= 0.3 is 5.97 Å². The maximum absolute atomic E-state index is 11.3. The number of hydrogen-bond donors (Lipinski definition) is 2. The van der Waals surface area contributed by atoms with E-state index >= 15 is 0 Å². The van der Waals surface area contributed by atoms with Crippen LogP contribution in [0, 0.1) is 0 Å². The van der Waals surface area contributed by atoms with Crippen molar-refractivity contribution < 1.29 is 14.6 Å². The number of nitrogens with one attached hydrogen (secondary N) is 1. The van der Waals surface area contributed by atoms with Gasteiger partial charge in [0.1, 0.15) is 5.54 Å². The third-order valence-electron chi connectivity index (χ3n) is 3.25. The number of carbonyl (C=O) groups is 1. The molecule has 0 unspecified atom stereocenters. The molecule has 0 aromatic heterocycles. The summed E-state index contributed by atoms with van der Waals surface area (Å²) in [6.07, 6.45) is 3.23. The summed E-state index contributed by atoms with van der Waals surface area (Å²) in [5.74, 6) is -0.742. The number of carboxylic acid groups (broad SMARTS) is 1. The first-order valence-electron chi connectivity index (χ1n) is 6.28. The van der Waals surface area contributed by atoms with Crippen molar-refractivity contribution in [3.8, 4) is 0 Å². The molecule has 0 radical (unpaired) electrons. The van der Waals surface area contributed by atoms with Gasteiger partial charge in [-0.3, -0.25) is 4.79 Å². The summed E-state index contributed by atoms with van der Waals surface area (Å²) in [6.45, 7) is 2.89. The molecule has 17 heavy (non-hydrogen) atoms. The lowest BCUT2D eigenvalue weighted by Crippen LogP contribution is -2.55. The van der Waals surface area contributed by atoms with E-state index in [1.807, 2.05) is 14.1 Å². The Morgan fingerprint density at radius 2 is 2.00 bits per heavy atom. The van der Waals surface area contributed by atoms with Gasteiger partial charge in [-0.05, 0) is 52.9 Å². The third kappa shape index (κ3) is 4.61. The van der Waals surface area contributed by atoms with E-state index in [9.17, 15) is 9.90 Å². The van der Waals surface area contributed by atoms with Crippen molar-refractivity contribution in [3.63, 3.8) is 0 Å². The number of hydrogen-bond acceptors (Lipinski definition) is 4. The van der Waals surface area contributed by atoms with Crippen LogP contribution in [0.3, 0.4) is 0 Å². The molecule has 5 nitrogen and oxygen atoms in total. The average molecular weight is 244 g/mol. The van der Waals surface area contributed by atoms with Crippen LogP contribution in [0.1, 0.15) is 25.7 Å². The zero-order valence-corrected chi connectivity index (χ0v) is 10.9. The lowest BCUT2D eigenvalue weighted by atomic mass is 9.90. The van der Waals surface area contributed by atoms with Crippen LogP contribution in [-0.4, -0.2) is 61.9 Å². The highest BCUT2D eigenvalue weighted by Gasteiger charge is 2.39. The van der Waals surface area contributed by atoms with Crippen LogP contribution < -0.4 is 5.32 Å². The molecule has 0 aromatic rings. The molecule has 0 aliphatic carbocycles. The van der Waals surface area contributed by atoms with Gasteiger partial charge in [-0.1, -0.05) is 0 Å². The second-order valence-corrected chi connectivity index (χ2v) is 4.94. The smallest absolute Gasteiger partial charge is 0.324 e. The maximum atomic E-state index is 11.3. The van der Waals surface area contributed by atoms with E-state index in [2.05, 4.69) is 10.2 Å². The second kappa shape index (κ2) is 6.93. The van der Waals surface area contributed by atoms with E-state index in [1.54, 1.807) is 0 Å². The first kappa shape index (κ1) is 14.4. The highest BCUT2D eigenvalue weighted by atomic mass is 16.5. The molecule has 2 N–H and O–H groups in total. The number of unbranched alkanes of at least 4 members (excludes halogenated alkanes) is 1. The van der Waals surface area contributed by atoms with Gasteiger partial charge in [-0.2, -0.15) is 0 Å². The van der Waals surface area contributed by atoms with Crippen molar-refractivity contribution in [2.75, 3.05) is 40.4 Å². The normalized spacial score (nSPS) is 19.5. The van der Waals surface area contributed by atoms with Crippen LogP contribution in [0.2, 0.25) is 0 Å². The standard InChI is InChI=1S/C12H24N2O3/c1-14(2)8-4-3-7-13-12(11(15)16)5-9-17-10-6-12/h13H,3-10H2,1-2H3,(H,15,16). The Bertz CT molecular complexity index is 238. The monoisotopic (exact) mass is 244 g/mol. The van der Waals surface area contributed by atoms with Crippen molar-refractivity contribution in [3.05, 3.63) is 0 Å². The minimum absolute atomic E-state index is 0.539. The highest BCUT2D eigenvalue weighted by Crippen LogP contribution is 2.20. The Balaban J connectivity index is 2.27. The molecule has 0 bridgehead atoms. The Kier molecular flexibility index (Phi) is 5.88. The van der Waals surface area contributed by atoms with Crippen molar-refractivity contribution in [1.82, 2.24) is 10.2 Å². The first-order chi connectivity index (χ1) is 8.07. The molecule has 5 heteroatoms. The van der Waals surface area contributed by atoms with Gasteiger partial charge in [0.05, 0.1) is 0 Å². The van der Waals surface area contributed by atoms with Crippen molar-refractivity contribution in [2.24, 2.45) is 0 Å². The molecule has 0 amide bonds. The molecule has 0 aromatic carbocycles. The number of ether oxygens (including phenoxy) is 1. The SMILES string of the molecule is CN(C)CCCCNC1(C(=O)O)CCOCC1. The van der Waals surface area contributed by atoms with Gasteiger partial charge in [0.2, 0.25) is 0 Å². The van der Waals surface area contributed by atoms with Crippen LogP contribution in [0.25, 0.3) is 0 Å². The predicted octanol–water partition coefficient (Wildman–Crippen LogP) is 0.552. The van der Waals surface area contributed by atoms with Gasteiger partial charge in [-0.25, -0.2) is 0 Å². The molecule has 0 spiro atoms. The minimum atomic E-state index is -0.754. The van der Waals surface area contributed by atoms with Crippen molar-refractivity contribution in [2.45, 2.75) is 31.2 Å². The van der Waals surface area contributed by atoms with Gasteiger partial charge in [0, 0.05) is 13.2 Å². The zero-order chi connectivity index (χ0) is 12.7. The predicted molar refractivity (Wildman–Crippen MR) is 66.2 cm³/mol. The highest BCUT2D eigenvalue weighted by molar-refractivity contribution is 5.78. The lowest BCUT2D eigenvalue weighted by molar-refractivity contribution is -0.149. The van der Waals surface area contributed by atoms with E-state index in [0.29, 0.717) is 26.1 Å². The van der Waals surface area contributed by atoms with Gasteiger partial charge in [0.25, 0.3) is 0 Å². The van der Waals surface area contributed by atoms with E-state index in [1.165, 1.54) is 0 Å². The lowest BCUT2D eigenvalue weighted by Gasteiger charge is -2.34. The first-order valence-corrected chi connectivity index (χ1v) is 6.28. The largest absolute Gasteiger partial charge is 0.480 e. The molecule has 0 saturated carbocycles. The summed E-state index contributed by atoms with van der Waals surface area (Å²) in [5, 5.41) is 12.5.